The summed E-state index contributed by atoms with van der Waals surface area (Å²) in [5, 5.41) is 4.26. The van der Waals surface area contributed by atoms with Gasteiger partial charge >= 0.3 is 0 Å². The van der Waals surface area contributed by atoms with Gasteiger partial charge in [0.25, 0.3) is 0 Å². The highest BCUT2D eigenvalue weighted by Crippen LogP contribution is 2.50. The Morgan fingerprint density at radius 1 is 1.19 bits per heavy atom. The molecule has 1 aromatic heterocycles. The van der Waals surface area contributed by atoms with Gasteiger partial charge < -0.3 is 10.3 Å². The second-order valence-electron chi connectivity index (χ2n) is 6.87. The SMILES string of the molecule is Cc1ccc(-c2c(CC3CC4CCC3C4)noc2N)cc1. The van der Waals surface area contributed by atoms with Gasteiger partial charge in [-0.15, -0.1) is 0 Å². The lowest BCUT2D eigenvalue weighted by Crippen LogP contribution is -2.13. The summed E-state index contributed by atoms with van der Waals surface area (Å²) in [4.78, 5) is 0. The van der Waals surface area contributed by atoms with Gasteiger partial charge in [0.15, 0.2) is 0 Å². The average molecular weight is 282 g/mol. The van der Waals surface area contributed by atoms with Gasteiger partial charge in [-0.25, -0.2) is 0 Å². The lowest BCUT2D eigenvalue weighted by molar-refractivity contribution is 0.322. The molecule has 4 rings (SSSR count). The standard InChI is InChI=1S/C18H22N2O/c1-11-2-5-13(6-3-11)17-16(20-21-18(17)19)10-15-9-12-4-7-14(15)8-12/h2-3,5-6,12,14-15H,4,7-10,19H2,1H3. The van der Waals surface area contributed by atoms with Crippen molar-refractivity contribution >= 4 is 5.88 Å². The van der Waals surface area contributed by atoms with Crippen molar-refractivity contribution in [1.82, 2.24) is 5.16 Å². The molecule has 3 atom stereocenters. The number of nitrogens with two attached hydrogens (primary N) is 1. The highest BCUT2D eigenvalue weighted by atomic mass is 16.5. The lowest BCUT2D eigenvalue weighted by atomic mass is 9.84. The first-order chi connectivity index (χ1) is 10.2. The fourth-order valence-electron chi connectivity index (χ4n) is 4.38. The third kappa shape index (κ3) is 2.25. The molecule has 2 bridgehead atoms. The molecule has 110 valence electrons. The first-order valence-electron chi connectivity index (χ1n) is 8.01. The van der Waals surface area contributed by atoms with Gasteiger partial charge in [-0.2, -0.15) is 0 Å². The molecule has 2 saturated carbocycles. The number of rotatable bonds is 3. The fraction of sp³-hybridized carbons (Fsp3) is 0.500. The van der Waals surface area contributed by atoms with E-state index in [2.05, 4.69) is 36.3 Å². The van der Waals surface area contributed by atoms with Crippen LogP contribution in [0.15, 0.2) is 28.8 Å². The van der Waals surface area contributed by atoms with E-state index in [1.165, 1.54) is 31.2 Å². The van der Waals surface area contributed by atoms with Gasteiger partial charge in [0.05, 0.1) is 11.3 Å². The molecule has 3 nitrogen and oxygen atoms in total. The van der Waals surface area contributed by atoms with Crippen LogP contribution in [0.1, 0.15) is 36.9 Å². The quantitative estimate of drug-likeness (QED) is 0.917. The van der Waals surface area contributed by atoms with Crippen LogP contribution in [0.2, 0.25) is 0 Å². The van der Waals surface area contributed by atoms with Gasteiger partial charge in [0.2, 0.25) is 5.88 Å². The average Bonchev–Trinajstić information content (AvgIpc) is 3.17. The fourth-order valence-corrected chi connectivity index (χ4v) is 4.38. The van der Waals surface area contributed by atoms with Gasteiger partial charge in [0.1, 0.15) is 0 Å². The zero-order valence-electron chi connectivity index (χ0n) is 12.5. The Morgan fingerprint density at radius 3 is 2.67 bits per heavy atom. The molecule has 2 fully saturated rings. The van der Waals surface area contributed by atoms with Crippen molar-refractivity contribution in [3.05, 3.63) is 35.5 Å². The van der Waals surface area contributed by atoms with E-state index >= 15 is 0 Å². The van der Waals surface area contributed by atoms with Crippen molar-refractivity contribution in [2.24, 2.45) is 17.8 Å². The minimum absolute atomic E-state index is 0.456. The number of benzene rings is 1. The van der Waals surface area contributed by atoms with Crippen molar-refractivity contribution in [3.63, 3.8) is 0 Å². The molecule has 1 aromatic carbocycles. The van der Waals surface area contributed by atoms with Crippen molar-refractivity contribution in [2.75, 3.05) is 5.73 Å². The van der Waals surface area contributed by atoms with Crippen molar-refractivity contribution in [3.8, 4) is 11.1 Å². The molecule has 1 heterocycles. The van der Waals surface area contributed by atoms with E-state index in [-0.39, 0.29) is 0 Å². The molecule has 2 aliphatic rings. The van der Waals surface area contributed by atoms with E-state index in [1.807, 2.05) is 0 Å². The van der Waals surface area contributed by atoms with E-state index in [0.717, 1.165) is 41.0 Å². The number of anilines is 1. The summed E-state index contributed by atoms with van der Waals surface area (Å²) < 4.78 is 5.30. The maximum atomic E-state index is 6.03. The first-order valence-corrected chi connectivity index (χ1v) is 8.01. The molecular weight excluding hydrogens is 260 g/mol. The summed E-state index contributed by atoms with van der Waals surface area (Å²) in [5.41, 5.74) is 10.5. The zero-order chi connectivity index (χ0) is 14.4. The Bertz CT molecular complexity index is 644. The van der Waals surface area contributed by atoms with Crippen LogP contribution < -0.4 is 5.73 Å². The lowest BCUT2D eigenvalue weighted by Gasteiger charge is -2.20. The molecule has 3 heteroatoms. The molecule has 0 radical (unpaired) electrons. The predicted molar refractivity (Wildman–Crippen MR) is 83.7 cm³/mol. The summed E-state index contributed by atoms with van der Waals surface area (Å²) in [6.07, 6.45) is 6.66. The van der Waals surface area contributed by atoms with Crippen LogP contribution >= 0.6 is 0 Å². The Kier molecular flexibility index (Phi) is 3.02. The number of hydrogen-bond acceptors (Lipinski definition) is 3. The Balaban J connectivity index is 1.63. The number of nitrogen functional groups attached to an aromatic ring is 1. The van der Waals surface area contributed by atoms with Crippen LogP contribution in [0.25, 0.3) is 11.1 Å². The van der Waals surface area contributed by atoms with Gasteiger partial charge in [-0.3, -0.25) is 0 Å². The topological polar surface area (TPSA) is 52.0 Å². The number of aryl methyl sites for hydroxylation is 1. The number of aromatic nitrogens is 1. The Labute approximate surface area is 125 Å². The minimum atomic E-state index is 0.456. The second-order valence-corrected chi connectivity index (χ2v) is 6.87. The number of nitrogens with zero attached hydrogens (tertiary/aromatic N) is 1. The second kappa shape index (κ2) is 4.90. The van der Waals surface area contributed by atoms with Crippen LogP contribution in [0.4, 0.5) is 5.88 Å². The summed E-state index contributed by atoms with van der Waals surface area (Å²) in [7, 11) is 0. The smallest absolute Gasteiger partial charge is 0.230 e. The highest BCUT2D eigenvalue weighted by Gasteiger charge is 2.40. The van der Waals surface area contributed by atoms with Crippen LogP contribution in [-0.4, -0.2) is 5.16 Å². The minimum Gasteiger partial charge on any atom is -0.367 e. The number of fused-ring (bicyclic) bond motifs is 2. The van der Waals surface area contributed by atoms with E-state index in [4.69, 9.17) is 10.3 Å². The molecule has 0 saturated heterocycles. The molecule has 3 unspecified atom stereocenters. The Morgan fingerprint density at radius 2 is 2.00 bits per heavy atom. The van der Waals surface area contributed by atoms with Crippen LogP contribution in [0.5, 0.6) is 0 Å². The molecule has 2 aliphatic carbocycles. The molecule has 2 aromatic rings. The predicted octanol–water partition coefficient (Wildman–Crippen LogP) is 4.21. The van der Waals surface area contributed by atoms with Crippen LogP contribution in [-0.2, 0) is 6.42 Å². The Hall–Kier alpha value is -1.77. The normalized spacial score (nSPS) is 27.4. The molecular formula is C18H22N2O. The summed E-state index contributed by atoms with van der Waals surface area (Å²) >= 11 is 0. The van der Waals surface area contributed by atoms with Gasteiger partial charge in [-0.1, -0.05) is 41.4 Å². The van der Waals surface area contributed by atoms with Crippen molar-refractivity contribution in [2.45, 2.75) is 39.0 Å². The maximum Gasteiger partial charge on any atom is 0.230 e. The molecule has 0 amide bonds. The van der Waals surface area contributed by atoms with Crippen LogP contribution in [0, 0.1) is 24.7 Å². The third-order valence-electron chi connectivity index (χ3n) is 5.47. The van der Waals surface area contributed by atoms with E-state index in [0.29, 0.717) is 5.88 Å². The van der Waals surface area contributed by atoms with E-state index in [1.54, 1.807) is 0 Å². The molecule has 2 N–H and O–H groups in total. The van der Waals surface area contributed by atoms with Crippen molar-refractivity contribution in [1.29, 1.82) is 0 Å². The van der Waals surface area contributed by atoms with Crippen LogP contribution in [0.3, 0.4) is 0 Å². The van der Waals surface area contributed by atoms with Crippen molar-refractivity contribution < 1.29 is 4.52 Å². The summed E-state index contributed by atoms with van der Waals surface area (Å²) in [6, 6.07) is 8.46. The van der Waals surface area contributed by atoms with Gasteiger partial charge in [0, 0.05) is 0 Å². The molecule has 0 aliphatic heterocycles. The number of hydrogen-bond donors (Lipinski definition) is 1. The highest BCUT2D eigenvalue weighted by molar-refractivity contribution is 5.75. The summed E-state index contributed by atoms with van der Waals surface area (Å²) in [5.74, 6) is 3.10. The third-order valence-corrected chi connectivity index (χ3v) is 5.47. The maximum absolute atomic E-state index is 6.03. The first kappa shape index (κ1) is 12.9. The van der Waals surface area contributed by atoms with E-state index in [9.17, 15) is 0 Å². The molecule has 21 heavy (non-hydrogen) atoms. The van der Waals surface area contributed by atoms with E-state index < -0.39 is 0 Å². The monoisotopic (exact) mass is 282 g/mol. The zero-order valence-corrected chi connectivity index (χ0v) is 12.5. The summed E-state index contributed by atoms with van der Waals surface area (Å²) in [6.45, 7) is 2.09. The van der Waals surface area contributed by atoms with Gasteiger partial charge in [-0.05, 0) is 55.9 Å². The largest absolute Gasteiger partial charge is 0.367 e. The molecule has 0 spiro atoms.